The molecule has 78 valence electrons. The Morgan fingerprint density at radius 1 is 1.57 bits per heavy atom. The van der Waals surface area contributed by atoms with Gasteiger partial charge in [-0.1, -0.05) is 26.8 Å². The van der Waals surface area contributed by atoms with Gasteiger partial charge in [0.1, 0.15) is 0 Å². The molecule has 1 atom stereocenters. The molecule has 0 saturated heterocycles. The van der Waals surface area contributed by atoms with Gasteiger partial charge in [-0.05, 0) is 25.2 Å². The van der Waals surface area contributed by atoms with E-state index in [-0.39, 0.29) is 0 Å². The molecule has 0 fully saturated rings. The van der Waals surface area contributed by atoms with Crippen LogP contribution in [-0.2, 0) is 0 Å². The SMILES string of the molecule is CCC=NC1=CCCN=C1C(C)CC. The lowest BCUT2D eigenvalue weighted by Gasteiger charge is -2.16. The summed E-state index contributed by atoms with van der Waals surface area (Å²) in [7, 11) is 0. The first kappa shape index (κ1) is 11.2. The van der Waals surface area contributed by atoms with Crippen molar-refractivity contribution < 1.29 is 0 Å². The average Bonchev–Trinajstić information content (AvgIpc) is 2.25. The summed E-state index contributed by atoms with van der Waals surface area (Å²) in [5.41, 5.74) is 2.30. The van der Waals surface area contributed by atoms with Crippen LogP contribution in [-0.4, -0.2) is 18.5 Å². The second-order valence-corrected chi connectivity index (χ2v) is 3.67. The Hall–Kier alpha value is -0.920. The lowest BCUT2D eigenvalue weighted by Crippen LogP contribution is -2.16. The van der Waals surface area contributed by atoms with Gasteiger partial charge >= 0.3 is 0 Å². The highest BCUT2D eigenvalue weighted by atomic mass is 14.8. The summed E-state index contributed by atoms with van der Waals surface area (Å²) in [4.78, 5) is 9.03. The van der Waals surface area contributed by atoms with E-state index in [1.165, 1.54) is 5.71 Å². The highest BCUT2D eigenvalue weighted by Gasteiger charge is 2.14. The quantitative estimate of drug-likeness (QED) is 0.611. The molecule has 1 aliphatic rings. The lowest BCUT2D eigenvalue weighted by atomic mass is 9.98. The Morgan fingerprint density at radius 3 is 3.00 bits per heavy atom. The summed E-state index contributed by atoms with van der Waals surface area (Å²) < 4.78 is 0. The maximum atomic E-state index is 4.57. The van der Waals surface area contributed by atoms with Crippen LogP contribution in [0.5, 0.6) is 0 Å². The smallest absolute Gasteiger partial charge is 0.0799 e. The first-order valence-corrected chi connectivity index (χ1v) is 5.57. The zero-order chi connectivity index (χ0) is 10.4. The van der Waals surface area contributed by atoms with Gasteiger partial charge in [0.25, 0.3) is 0 Å². The number of hydrogen-bond acceptors (Lipinski definition) is 2. The zero-order valence-electron chi connectivity index (χ0n) is 9.45. The summed E-state index contributed by atoms with van der Waals surface area (Å²) in [5, 5.41) is 0. The Kier molecular flexibility index (Phi) is 4.57. The van der Waals surface area contributed by atoms with Gasteiger partial charge in [0, 0.05) is 12.8 Å². The van der Waals surface area contributed by atoms with Crippen molar-refractivity contribution in [2.75, 3.05) is 6.54 Å². The van der Waals surface area contributed by atoms with E-state index >= 15 is 0 Å². The van der Waals surface area contributed by atoms with Crippen LogP contribution in [0.4, 0.5) is 0 Å². The Labute approximate surface area is 86.8 Å². The molecule has 0 spiro atoms. The molecule has 1 aliphatic heterocycles. The Bertz CT molecular complexity index is 261. The molecule has 0 aliphatic carbocycles. The van der Waals surface area contributed by atoms with Gasteiger partial charge in [0.05, 0.1) is 11.4 Å². The Morgan fingerprint density at radius 2 is 2.36 bits per heavy atom. The first-order chi connectivity index (χ1) is 6.79. The van der Waals surface area contributed by atoms with E-state index < -0.39 is 0 Å². The van der Waals surface area contributed by atoms with Gasteiger partial charge in [-0.25, -0.2) is 0 Å². The van der Waals surface area contributed by atoms with E-state index in [1.54, 1.807) is 0 Å². The molecule has 1 heterocycles. The summed E-state index contributed by atoms with van der Waals surface area (Å²) in [6, 6.07) is 0. The van der Waals surface area contributed by atoms with Crippen molar-refractivity contribution in [3.63, 3.8) is 0 Å². The number of aliphatic imine (C=N–C) groups is 2. The van der Waals surface area contributed by atoms with Crippen LogP contribution >= 0.6 is 0 Å². The minimum Gasteiger partial charge on any atom is -0.287 e. The van der Waals surface area contributed by atoms with E-state index in [4.69, 9.17) is 0 Å². The predicted octanol–water partition coefficient (Wildman–Crippen LogP) is 3.24. The molecule has 0 aromatic carbocycles. The van der Waals surface area contributed by atoms with Gasteiger partial charge in [-0.2, -0.15) is 0 Å². The van der Waals surface area contributed by atoms with E-state index in [9.17, 15) is 0 Å². The third-order valence-corrected chi connectivity index (χ3v) is 2.50. The number of dihydropyridines is 1. The zero-order valence-corrected chi connectivity index (χ0v) is 9.45. The standard InChI is InChI=1S/C12H20N2/c1-4-8-13-11-7-6-9-14-12(11)10(3)5-2/h7-8,10H,4-6,9H2,1-3H3. The average molecular weight is 192 g/mol. The fourth-order valence-corrected chi connectivity index (χ4v) is 1.48. The molecule has 1 rings (SSSR count). The second-order valence-electron chi connectivity index (χ2n) is 3.67. The normalized spacial score (nSPS) is 19.4. The molecule has 2 nitrogen and oxygen atoms in total. The third kappa shape index (κ3) is 2.79. The molecular formula is C12H20N2. The van der Waals surface area contributed by atoms with Crippen LogP contribution in [0.1, 0.15) is 40.0 Å². The minimum absolute atomic E-state index is 0.538. The summed E-state index contributed by atoms with van der Waals surface area (Å²) in [5.74, 6) is 0.538. The molecule has 0 aromatic rings. The van der Waals surface area contributed by atoms with Crippen molar-refractivity contribution in [3.8, 4) is 0 Å². The van der Waals surface area contributed by atoms with Crippen LogP contribution in [0.3, 0.4) is 0 Å². The number of nitrogens with zero attached hydrogens (tertiary/aromatic N) is 2. The first-order valence-electron chi connectivity index (χ1n) is 5.57. The lowest BCUT2D eigenvalue weighted by molar-refractivity contribution is 0.726. The molecule has 0 radical (unpaired) electrons. The molecule has 0 saturated carbocycles. The van der Waals surface area contributed by atoms with Crippen LogP contribution in [0.25, 0.3) is 0 Å². The van der Waals surface area contributed by atoms with Crippen molar-refractivity contribution in [2.45, 2.75) is 40.0 Å². The fourth-order valence-electron chi connectivity index (χ4n) is 1.48. The van der Waals surface area contributed by atoms with E-state index in [2.05, 4.69) is 36.8 Å². The van der Waals surface area contributed by atoms with Gasteiger partial charge in [0.15, 0.2) is 0 Å². The molecule has 2 heteroatoms. The molecule has 1 unspecified atom stereocenters. The van der Waals surface area contributed by atoms with E-state index in [0.717, 1.165) is 31.5 Å². The van der Waals surface area contributed by atoms with Crippen LogP contribution in [0.15, 0.2) is 21.8 Å². The van der Waals surface area contributed by atoms with Crippen molar-refractivity contribution >= 4 is 11.9 Å². The van der Waals surface area contributed by atoms with E-state index in [1.807, 2.05) is 6.21 Å². The monoisotopic (exact) mass is 192 g/mol. The van der Waals surface area contributed by atoms with Crippen LogP contribution < -0.4 is 0 Å². The van der Waals surface area contributed by atoms with Crippen LogP contribution in [0, 0.1) is 5.92 Å². The number of hydrogen-bond donors (Lipinski definition) is 0. The fraction of sp³-hybridized carbons (Fsp3) is 0.667. The minimum atomic E-state index is 0.538. The summed E-state index contributed by atoms with van der Waals surface area (Å²) >= 11 is 0. The molecule has 14 heavy (non-hydrogen) atoms. The van der Waals surface area contributed by atoms with Crippen molar-refractivity contribution in [1.82, 2.24) is 0 Å². The molecule has 0 bridgehead atoms. The summed E-state index contributed by atoms with van der Waals surface area (Å²) in [6.45, 7) is 7.46. The molecule has 0 aromatic heterocycles. The topological polar surface area (TPSA) is 24.7 Å². The second kappa shape index (κ2) is 5.74. The van der Waals surface area contributed by atoms with Gasteiger partial charge in [-0.3, -0.25) is 9.98 Å². The third-order valence-electron chi connectivity index (χ3n) is 2.50. The largest absolute Gasteiger partial charge is 0.287 e. The van der Waals surface area contributed by atoms with Gasteiger partial charge in [-0.15, -0.1) is 0 Å². The van der Waals surface area contributed by atoms with Crippen LogP contribution in [0.2, 0.25) is 0 Å². The van der Waals surface area contributed by atoms with Gasteiger partial charge < -0.3 is 0 Å². The van der Waals surface area contributed by atoms with E-state index in [0.29, 0.717) is 5.92 Å². The molecular weight excluding hydrogens is 172 g/mol. The van der Waals surface area contributed by atoms with Crippen molar-refractivity contribution in [2.24, 2.45) is 15.9 Å². The predicted molar refractivity (Wildman–Crippen MR) is 63.2 cm³/mol. The van der Waals surface area contributed by atoms with Crippen molar-refractivity contribution in [3.05, 3.63) is 11.8 Å². The van der Waals surface area contributed by atoms with Crippen molar-refractivity contribution in [1.29, 1.82) is 0 Å². The maximum Gasteiger partial charge on any atom is 0.0799 e. The molecule has 0 amide bonds. The highest BCUT2D eigenvalue weighted by Crippen LogP contribution is 2.17. The highest BCUT2D eigenvalue weighted by molar-refractivity contribution is 6.02. The summed E-state index contributed by atoms with van der Waals surface area (Å²) in [6.07, 6.45) is 7.34. The Balaban J connectivity index is 2.76. The number of allylic oxidation sites excluding steroid dienone is 1. The van der Waals surface area contributed by atoms with Gasteiger partial charge in [0.2, 0.25) is 0 Å². The molecule has 0 N–H and O–H groups in total. The maximum absolute atomic E-state index is 4.57. The number of rotatable bonds is 4.